The summed E-state index contributed by atoms with van der Waals surface area (Å²) in [5.74, 6) is -0.743. The van der Waals surface area contributed by atoms with Crippen LogP contribution >= 0.6 is 34.8 Å². The van der Waals surface area contributed by atoms with Gasteiger partial charge in [0.15, 0.2) is 6.29 Å². The smallest absolute Gasteiger partial charge is 0.276 e. The fourth-order valence-electron chi connectivity index (χ4n) is 4.07. The minimum absolute atomic E-state index is 0.0100. The molecule has 2 N–H and O–H groups in total. The van der Waals surface area contributed by atoms with Gasteiger partial charge < -0.3 is 24.6 Å². The SMILES string of the molecule is O=C(Nc1cccc([C@H]2O[C@@H](CN3CCOCC3)C[C@@H](c3ccc(CO)cc3)O2)c1)C(Cl)(Cl)Cl. The van der Waals surface area contributed by atoms with E-state index >= 15 is 0 Å². The van der Waals surface area contributed by atoms with E-state index in [1.165, 1.54) is 0 Å². The molecule has 0 saturated carbocycles. The molecule has 34 heavy (non-hydrogen) atoms. The van der Waals surface area contributed by atoms with E-state index in [-0.39, 0.29) is 18.8 Å². The van der Waals surface area contributed by atoms with Crippen LogP contribution in [-0.2, 0) is 25.6 Å². The van der Waals surface area contributed by atoms with Crippen molar-refractivity contribution in [3.63, 3.8) is 0 Å². The van der Waals surface area contributed by atoms with E-state index in [1.54, 1.807) is 18.2 Å². The van der Waals surface area contributed by atoms with Crippen LogP contribution in [0.1, 0.15) is 35.5 Å². The molecule has 1 amide bonds. The molecule has 2 saturated heterocycles. The molecule has 7 nitrogen and oxygen atoms in total. The quantitative estimate of drug-likeness (QED) is 0.541. The number of halogens is 3. The molecule has 0 aliphatic carbocycles. The van der Waals surface area contributed by atoms with Crippen LogP contribution in [0, 0.1) is 0 Å². The van der Waals surface area contributed by atoms with Crippen molar-refractivity contribution in [3.8, 4) is 0 Å². The summed E-state index contributed by atoms with van der Waals surface area (Å²) in [5.41, 5.74) is 3.07. The lowest BCUT2D eigenvalue weighted by molar-refractivity contribution is -0.253. The Bertz CT molecular complexity index is 964. The molecule has 0 radical (unpaired) electrons. The number of aliphatic hydroxyl groups is 1. The summed E-state index contributed by atoms with van der Waals surface area (Å²) < 4.78 is 16.1. The number of carbonyl (C=O) groups excluding carboxylic acids is 1. The minimum Gasteiger partial charge on any atom is -0.392 e. The molecule has 2 aliphatic rings. The van der Waals surface area contributed by atoms with E-state index in [4.69, 9.17) is 49.0 Å². The van der Waals surface area contributed by atoms with Crippen molar-refractivity contribution in [1.82, 2.24) is 4.90 Å². The highest BCUT2D eigenvalue weighted by molar-refractivity contribution is 6.76. The van der Waals surface area contributed by atoms with Gasteiger partial charge in [0.05, 0.1) is 32.0 Å². The Hall–Kier alpha value is -1.42. The Morgan fingerprint density at radius 3 is 2.47 bits per heavy atom. The van der Waals surface area contributed by atoms with Crippen molar-refractivity contribution in [1.29, 1.82) is 0 Å². The van der Waals surface area contributed by atoms with Crippen LogP contribution in [0.4, 0.5) is 5.69 Å². The van der Waals surface area contributed by atoms with Crippen molar-refractivity contribution in [2.24, 2.45) is 0 Å². The highest BCUT2D eigenvalue weighted by Crippen LogP contribution is 2.39. The Labute approximate surface area is 213 Å². The third kappa shape index (κ3) is 6.83. The number of alkyl halides is 3. The number of aliphatic hydroxyl groups excluding tert-OH is 1. The number of ether oxygens (including phenoxy) is 3. The van der Waals surface area contributed by atoms with Gasteiger partial charge in [-0.2, -0.15) is 0 Å². The Morgan fingerprint density at radius 1 is 1.06 bits per heavy atom. The maximum atomic E-state index is 12.1. The normalized spacial score (nSPS) is 24.1. The van der Waals surface area contributed by atoms with Gasteiger partial charge in [0.25, 0.3) is 9.70 Å². The Kier molecular flexibility index (Phi) is 8.71. The van der Waals surface area contributed by atoms with Crippen LogP contribution in [-0.4, -0.2) is 58.7 Å². The fourth-order valence-corrected chi connectivity index (χ4v) is 4.21. The third-order valence-corrected chi connectivity index (χ3v) is 6.37. The number of hydrogen-bond donors (Lipinski definition) is 2. The lowest BCUT2D eigenvalue weighted by Gasteiger charge is -2.39. The summed E-state index contributed by atoms with van der Waals surface area (Å²) in [4.78, 5) is 14.4. The average Bonchev–Trinajstić information content (AvgIpc) is 2.84. The molecular weight excluding hydrogens is 503 g/mol. The average molecular weight is 530 g/mol. The first-order chi connectivity index (χ1) is 16.3. The summed E-state index contributed by atoms with van der Waals surface area (Å²) in [6, 6.07) is 14.9. The van der Waals surface area contributed by atoms with Gasteiger partial charge in [-0.15, -0.1) is 0 Å². The van der Waals surface area contributed by atoms with Crippen molar-refractivity contribution >= 4 is 46.4 Å². The van der Waals surface area contributed by atoms with Crippen molar-refractivity contribution in [3.05, 3.63) is 65.2 Å². The Balaban J connectivity index is 1.54. The number of rotatable bonds is 6. The predicted octanol–water partition coefficient (Wildman–Crippen LogP) is 4.37. The predicted molar refractivity (Wildman–Crippen MR) is 131 cm³/mol. The van der Waals surface area contributed by atoms with Crippen LogP contribution < -0.4 is 5.32 Å². The molecule has 2 heterocycles. The van der Waals surface area contributed by atoms with E-state index < -0.39 is 16.0 Å². The molecule has 0 bridgehead atoms. The van der Waals surface area contributed by atoms with Gasteiger partial charge in [-0.25, -0.2) is 0 Å². The molecule has 3 atom stereocenters. The summed E-state index contributed by atoms with van der Waals surface area (Å²) in [6.07, 6.45) is -0.224. The largest absolute Gasteiger partial charge is 0.392 e. The maximum absolute atomic E-state index is 12.1. The molecule has 2 aromatic rings. The number of hydrogen-bond acceptors (Lipinski definition) is 6. The summed E-state index contributed by atoms with van der Waals surface area (Å²) in [7, 11) is 0. The van der Waals surface area contributed by atoms with E-state index in [2.05, 4.69) is 10.2 Å². The maximum Gasteiger partial charge on any atom is 0.276 e. The van der Waals surface area contributed by atoms with E-state index in [0.717, 1.165) is 36.3 Å². The molecule has 2 aromatic carbocycles. The van der Waals surface area contributed by atoms with Crippen molar-refractivity contribution in [2.45, 2.75) is 35.3 Å². The molecule has 4 rings (SSSR count). The van der Waals surface area contributed by atoms with Crippen LogP contribution in [0.15, 0.2) is 48.5 Å². The standard InChI is InChI=1S/C24H27Cl3N2O5/c25-24(26,27)23(31)28-19-3-1-2-18(12-19)22-33-20(14-29-8-10-32-11-9-29)13-21(34-22)17-6-4-16(15-30)5-7-17/h1-7,12,20-22,30H,8-11,13-15H2,(H,28,31)/t20-,21+,22+/m1/s1. The number of morpholine rings is 1. The molecule has 0 spiro atoms. The van der Waals surface area contributed by atoms with Crippen LogP contribution in [0.5, 0.6) is 0 Å². The fraction of sp³-hybridized carbons (Fsp3) is 0.458. The van der Waals surface area contributed by atoms with Crippen LogP contribution in [0.3, 0.4) is 0 Å². The van der Waals surface area contributed by atoms with Crippen LogP contribution in [0.25, 0.3) is 0 Å². The first-order valence-electron chi connectivity index (χ1n) is 11.1. The molecular formula is C24H27Cl3N2O5. The second-order valence-corrected chi connectivity index (χ2v) is 10.6. The van der Waals surface area contributed by atoms with Gasteiger partial charge in [0, 0.05) is 37.3 Å². The van der Waals surface area contributed by atoms with Gasteiger partial charge in [-0.1, -0.05) is 71.2 Å². The van der Waals surface area contributed by atoms with E-state index in [9.17, 15) is 9.90 Å². The molecule has 10 heteroatoms. The number of carbonyl (C=O) groups is 1. The monoisotopic (exact) mass is 528 g/mol. The molecule has 0 unspecified atom stereocenters. The first-order valence-corrected chi connectivity index (χ1v) is 12.2. The summed E-state index contributed by atoms with van der Waals surface area (Å²) in [6.45, 7) is 3.90. The molecule has 0 aromatic heterocycles. The molecule has 184 valence electrons. The minimum atomic E-state index is -2.07. The van der Waals surface area contributed by atoms with E-state index in [0.29, 0.717) is 25.3 Å². The second kappa shape index (κ2) is 11.5. The van der Waals surface area contributed by atoms with E-state index in [1.807, 2.05) is 30.3 Å². The van der Waals surface area contributed by atoms with Gasteiger partial charge in [-0.05, 0) is 23.3 Å². The number of amides is 1. The second-order valence-electron chi connectivity index (χ2n) is 8.34. The first kappa shape index (κ1) is 25.7. The highest BCUT2D eigenvalue weighted by atomic mass is 35.6. The number of anilines is 1. The molecule has 2 aliphatic heterocycles. The molecule has 2 fully saturated rings. The van der Waals surface area contributed by atoms with Gasteiger partial charge in [0.1, 0.15) is 0 Å². The van der Waals surface area contributed by atoms with Gasteiger partial charge >= 0.3 is 0 Å². The third-order valence-electron chi connectivity index (χ3n) is 5.85. The number of benzene rings is 2. The van der Waals surface area contributed by atoms with Crippen LogP contribution in [0.2, 0.25) is 0 Å². The Morgan fingerprint density at radius 2 is 1.79 bits per heavy atom. The lowest BCUT2D eigenvalue weighted by Crippen LogP contribution is -2.44. The topological polar surface area (TPSA) is 80.3 Å². The summed E-state index contributed by atoms with van der Waals surface area (Å²) in [5, 5.41) is 12.0. The highest BCUT2D eigenvalue weighted by Gasteiger charge is 2.34. The summed E-state index contributed by atoms with van der Waals surface area (Å²) >= 11 is 17.0. The lowest BCUT2D eigenvalue weighted by atomic mass is 9.99. The zero-order valence-corrected chi connectivity index (χ0v) is 20.7. The zero-order valence-electron chi connectivity index (χ0n) is 18.5. The number of nitrogens with one attached hydrogen (secondary N) is 1. The zero-order chi connectivity index (χ0) is 24.1. The van der Waals surface area contributed by atoms with Crippen molar-refractivity contribution < 1.29 is 24.1 Å². The number of nitrogens with zero attached hydrogens (tertiary/aromatic N) is 1. The van der Waals surface area contributed by atoms with Gasteiger partial charge in [0.2, 0.25) is 0 Å². The van der Waals surface area contributed by atoms with Crippen molar-refractivity contribution in [2.75, 3.05) is 38.2 Å². The van der Waals surface area contributed by atoms with Gasteiger partial charge in [-0.3, -0.25) is 9.69 Å².